The molecule has 1 fully saturated rings. The third-order valence-electron chi connectivity index (χ3n) is 3.42. The van der Waals surface area contributed by atoms with Crippen molar-refractivity contribution < 1.29 is 8.42 Å². The summed E-state index contributed by atoms with van der Waals surface area (Å²) in [6.45, 7) is 2.25. The molecule has 96 valence electrons. The van der Waals surface area contributed by atoms with Crippen LogP contribution in [0.15, 0.2) is 16.3 Å². The number of nitrogens with zero attached hydrogens (tertiary/aromatic N) is 1. The molecule has 1 aliphatic rings. The monoisotopic (exact) mass is 274 g/mol. The van der Waals surface area contributed by atoms with Crippen molar-refractivity contribution >= 4 is 21.4 Å². The first kappa shape index (κ1) is 13.0. The molecule has 1 atom stereocenters. The fraction of sp³-hybridized carbons (Fsp3) is 0.636. The lowest BCUT2D eigenvalue weighted by atomic mass is 10.2. The van der Waals surface area contributed by atoms with E-state index < -0.39 is 10.0 Å². The van der Waals surface area contributed by atoms with Gasteiger partial charge in [-0.3, -0.25) is 0 Å². The summed E-state index contributed by atoms with van der Waals surface area (Å²) >= 11 is 1.40. The predicted molar refractivity (Wildman–Crippen MR) is 69.3 cm³/mol. The minimum Gasteiger partial charge on any atom is -0.326 e. The van der Waals surface area contributed by atoms with Gasteiger partial charge in [-0.15, -0.1) is 11.3 Å². The average Bonchev–Trinajstić information content (AvgIpc) is 3.03. The first-order valence-electron chi connectivity index (χ1n) is 5.73. The van der Waals surface area contributed by atoms with E-state index in [-0.39, 0.29) is 12.6 Å². The van der Waals surface area contributed by atoms with Gasteiger partial charge in [-0.2, -0.15) is 4.31 Å². The summed E-state index contributed by atoms with van der Waals surface area (Å²) in [6, 6.07) is 1.73. The summed E-state index contributed by atoms with van der Waals surface area (Å²) in [4.78, 5) is 1.11. The Hall–Kier alpha value is -0.430. The van der Waals surface area contributed by atoms with Crippen molar-refractivity contribution in [2.45, 2.75) is 37.2 Å². The number of thiophene rings is 1. The van der Waals surface area contributed by atoms with Crippen molar-refractivity contribution in [3.63, 3.8) is 0 Å². The lowest BCUT2D eigenvalue weighted by molar-refractivity contribution is 0.357. The van der Waals surface area contributed by atoms with E-state index in [4.69, 9.17) is 5.73 Å². The van der Waals surface area contributed by atoms with Crippen LogP contribution < -0.4 is 5.73 Å². The molecule has 1 aliphatic carbocycles. The minimum absolute atomic E-state index is 0.0746. The molecule has 1 aromatic rings. The van der Waals surface area contributed by atoms with Crippen LogP contribution in [0, 0.1) is 5.92 Å². The largest absolute Gasteiger partial charge is 0.326 e. The predicted octanol–water partition coefficient (Wildman–Crippen LogP) is 1.63. The van der Waals surface area contributed by atoms with Gasteiger partial charge in [0.05, 0.1) is 4.90 Å². The second-order valence-electron chi connectivity index (χ2n) is 4.51. The summed E-state index contributed by atoms with van der Waals surface area (Å²) in [6.07, 6.45) is 2.27. The molecular formula is C11H18N2O2S2. The summed E-state index contributed by atoms with van der Waals surface area (Å²) in [7, 11) is -1.72. The van der Waals surface area contributed by atoms with Crippen molar-refractivity contribution in [3.8, 4) is 0 Å². The Labute approximate surface area is 106 Å². The van der Waals surface area contributed by atoms with Crippen molar-refractivity contribution in [1.82, 2.24) is 4.31 Å². The molecule has 0 aromatic carbocycles. The molecule has 2 rings (SSSR count). The number of hydrogen-bond donors (Lipinski definition) is 1. The van der Waals surface area contributed by atoms with Gasteiger partial charge >= 0.3 is 0 Å². The normalized spacial score (nSPS) is 18.6. The quantitative estimate of drug-likeness (QED) is 0.887. The molecule has 2 N–H and O–H groups in total. The van der Waals surface area contributed by atoms with E-state index in [1.165, 1.54) is 15.6 Å². The topological polar surface area (TPSA) is 63.4 Å². The Morgan fingerprint density at radius 1 is 1.59 bits per heavy atom. The van der Waals surface area contributed by atoms with Gasteiger partial charge < -0.3 is 5.73 Å². The molecule has 1 unspecified atom stereocenters. The van der Waals surface area contributed by atoms with Crippen LogP contribution in [-0.2, 0) is 16.6 Å². The van der Waals surface area contributed by atoms with Gasteiger partial charge in [0.25, 0.3) is 0 Å². The number of rotatable bonds is 5. The standard InChI is InChI=1S/C11H18N2O2S2/c1-8(9-3-4-9)13(2)17(14,15)11-5-6-16-10(11)7-12/h5-6,8-9H,3-4,7,12H2,1-2H3. The van der Waals surface area contributed by atoms with Crippen LogP contribution >= 0.6 is 11.3 Å². The molecule has 0 radical (unpaired) electrons. The maximum atomic E-state index is 12.4. The van der Waals surface area contributed by atoms with E-state index in [9.17, 15) is 8.42 Å². The van der Waals surface area contributed by atoms with Crippen LogP contribution in [0.5, 0.6) is 0 Å². The molecule has 1 saturated carbocycles. The molecule has 0 aliphatic heterocycles. The van der Waals surface area contributed by atoms with Crippen molar-refractivity contribution in [1.29, 1.82) is 0 Å². The van der Waals surface area contributed by atoms with Crippen LogP contribution in [0.1, 0.15) is 24.6 Å². The SMILES string of the molecule is CC(C1CC1)N(C)S(=O)(=O)c1ccsc1CN. The van der Waals surface area contributed by atoms with E-state index in [1.807, 2.05) is 6.92 Å². The average molecular weight is 274 g/mol. The number of sulfonamides is 1. The molecule has 0 bridgehead atoms. The van der Waals surface area contributed by atoms with Crippen LogP contribution in [0.2, 0.25) is 0 Å². The highest BCUT2D eigenvalue weighted by Crippen LogP contribution is 2.37. The molecule has 6 heteroatoms. The highest BCUT2D eigenvalue weighted by atomic mass is 32.2. The third-order valence-corrected chi connectivity index (χ3v) is 6.53. The van der Waals surface area contributed by atoms with Gasteiger partial charge in [-0.1, -0.05) is 0 Å². The molecule has 1 heterocycles. The van der Waals surface area contributed by atoms with Crippen molar-refractivity contribution in [2.75, 3.05) is 7.05 Å². The van der Waals surface area contributed by atoms with Gasteiger partial charge in [0.1, 0.15) is 0 Å². The van der Waals surface area contributed by atoms with E-state index in [1.54, 1.807) is 18.5 Å². The minimum atomic E-state index is -3.38. The second kappa shape index (κ2) is 4.68. The van der Waals surface area contributed by atoms with Gasteiger partial charge in [-0.05, 0) is 37.1 Å². The second-order valence-corrected chi connectivity index (χ2v) is 7.48. The Morgan fingerprint density at radius 2 is 2.24 bits per heavy atom. The molecule has 0 amide bonds. The summed E-state index contributed by atoms with van der Waals surface area (Å²) in [5.74, 6) is 0.523. The first-order valence-corrected chi connectivity index (χ1v) is 8.05. The zero-order chi connectivity index (χ0) is 12.6. The third kappa shape index (κ3) is 2.40. The Morgan fingerprint density at radius 3 is 2.76 bits per heavy atom. The fourth-order valence-electron chi connectivity index (χ4n) is 1.96. The summed E-state index contributed by atoms with van der Waals surface area (Å²) < 4.78 is 26.3. The maximum Gasteiger partial charge on any atom is 0.244 e. The van der Waals surface area contributed by atoms with Crippen LogP contribution in [0.3, 0.4) is 0 Å². The molecule has 17 heavy (non-hydrogen) atoms. The Bertz CT molecular complexity index is 491. The van der Waals surface area contributed by atoms with Gasteiger partial charge in [0.2, 0.25) is 10.0 Å². The van der Waals surface area contributed by atoms with Gasteiger partial charge in [0, 0.05) is 24.5 Å². The van der Waals surface area contributed by atoms with Gasteiger partial charge in [0.15, 0.2) is 0 Å². The Kier molecular flexibility index (Phi) is 3.58. The van der Waals surface area contributed by atoms with E-state index in [0.29, 0.717) is 10.8 Å². The van der Waals surface area contributed by atoms with Crippen LogP contribution in [-0.4, -0.2) is 25.8 Å². The zero-order valence-electron chi connectivity index (χ0n) is 10.1. The van der Waals surface area contributed by atoms with Crippen LogP contribution in [0.4, 0.5) is 0 Å². The highest BCUT2D eigenvalue weighted by Gasteiger charge is 2.36. The number of hydrogen-bond acceptors (Lipinski definition) is 4. The number of nitrogens with two attached hydrogens (primary N) is 1. The fourth-order valence-corrected chi connectivity index (χ4v) is 4.68. The van der Waals surface area contributed by atoms with Crippen molar-refractivity contribution in [2.24, 2.45) is 11.7 Å². The summed E-state index contributed by atoms with van der Waals surface area (Å²) in [5, 5.41) is 1.78. The molecule has 0 saturated heterocycles. The maximum absolute atomic E-state index is 12.4. The molecule has 4 nitrogen and oxygen atoms in total. The molecule has 0 spiro atoms. The summed E-state index contributed by atoms with van der Waals surface area (Å²) in [5.41, 5.74) is 5.57. The lowest BCUT2D eigenvalue weighted by Gasteiger charge is -2.24. The Balaban J connectivity index is 2.29. The highest BCUT2D eigenvalue weighted by molar-refractivity contribution is 7.89. The van der Waals surface area contributed by atoms with Crippen LogP contribution in [0.25, 0.3) is 0 Å². The van der Waals surface area contributed by atoms with E-state index in [0.717, 1.165) is 17.7 Å². The lowest BCUT2D eigenvalue weighted by Crippen LogP contribution is -2.36. The smallest absolute Gasteiger partial charge is 0.244 e. The zero-order valence-corrected chi connectivity index (χ0v) is 11.7. The van der Waals surface area contributed by atoms with E-state index in [2.05, 4.69) is 0 Å². The van der Waals surface area contributed by atoms with E-state index >= 15 is 0 Å². The molecule has 1 aromatic heterocycles. The molecular weight excluding hydrogens is 256 g/mol. The van der Waals surface area contributed by atoms with Gasteiger partial charge in [-0.25, -0.2) is 8.42 Å². The van der Waals surface area contributed by atoms with Crippen molar-refractivity contribution in [3.05, 3.63) is 16.3 Å². The first-order chi connectivity index (χ1) is 7.98.